The topological polar surface area (TPSA) is 51.5 Å². The molecule has 20 heavy (non-hydrogen) atoms. The number of rotatable bonds is 3. The summed E-state index contributed by atoms with van der Waals surface area (Å²) in [5.74, 6) is 0.0121. The smallest absolute Gasteiger partial charge is 0.337 e. The lowest BCUT2D eigenvalue weighted by Gasteiger charge is -2.12. The zero-order valence-corrected chi connectivity index (χ0v) is 12.6. The van der Waals surface area contributed by atoms with Crippen molar-refractivity contribution in [3.63, 3.8) is 0 Å². The second-order valence-corrected chi connectivity index (χ2v) is 5.88. The molecule has 5 heteroatoms. The molecule has 0 saturated carbocycles. The SMILES string of the molecule is Cc1ccc2c(c1)CC(Cn1cc(C(=O)O)cc1Br)O2. The second-order valence-electron chi connectivity index (χ2n) is 5.06. The van der Waals surface area contributed by atoms with Gasteiger partial charge in [0, 0.05) is 12.6 Å². The number of carboxylic acid groups (broad SMARTS) is 1. The summed E-state index contributed by atoms with van der Waals surface area (Å²) in [4.78, 5) is 11.0. The van der Waals surface area contributed by atoms with Crippen LogP contribution in [0.1, 0.15) is 21.5 Å². The van der Waals surface area contributed by atoms with Gasteiger partial charge in [0.25, 0.3) is 0 Å². The van der Waals surface area contributed by atoms with E-state index in [1.807, 2.05) is 16.7 Å². The van der Waals surface area contributed by atoms with E-state index in [0.29, 0.717) is 6.54 Å². The Morgan fingerprint density at radius 2 is 2.30 bits per heavy atom. The number of aryl methyl sites for hydroxylation is 1. The number of hydrogen-bond acceptors (Lipinski definition) is 2. The van der Waals surface area contributed by atoms with Gasteiger partial charge in [0.1, 0.15) is 11.9 Å². The Morgan fingerprint density at radius 1 is 1.50 bits per heavy atom. The van der Waals surface area contributed by atoms with Gasteiger partial charge in [-0.1, -0.05) is 17.7 Å². The fourth-order valence-electron chi connectivity index (χ4n) is 2.51. The Labute approximate surface area is 125 Å². The van der Waals surface area contributed by atoms with Gasteiger partial charge < -0.3 is 14.4 Å². The zero-order chi connectivity index (χ0) is 14.3. The van der Waals surface area contributed by atoms with Gasteiger partial charge in [-0.3, -0.25) is 0 Å². The molecule has 3 rings (SSSR count). The van der Waals surface area contributed by atoms with Crippen molar-refractivity contribution in [3.05, 3.63) is 51.8 Å². The highest BCUT2D eigenvalue weighted by atomic mass is 79.9. The van der Waals surface area contributed by atoms with Gasteiger partial charge in [-0.15, -0.1) is 0 Å². The highest BCUT2D eigenvalue weighted by molar-refractivity contribution is 9.10. The molecule has 0 aliphatic carbocycles. The van der Waals surface area contributed by atoms with Crippen molar-refractivity contribution in [3.8, 4) is 5.75 Å². The van der Waals surface area contributed by atoms with E-state index >= 15 is 0 Å². The average Bonchev–Trinajstić information content (AvgIpc) is 2.93. The van der Waals surface area contributed by atoms with E-state index < -0.39 is 5.97 Å². The van der Waals surface area contributed by atoms with Crippen LogP contribution in [0.3, 0.4) is 0 Å². The summed E-state index contributed by atoms with van der Waals surface area (Å²) >= 11 is 3.38. The number of carboxylic acids is 1. The van der Waals surface area contributed by atoms with E-state index in [1.54, 1.807) is 12.3 Å². The Bertz CT molecular complexity index is 678. The maximum atomic E-state index is 11.0. The predicted molar refractivity (Wildman–Crippen MR) is 78.4 cm³/mol. The highest BCUT2D eigenvalue weighted by Gasteiger charge is 2.24. The fraction of sp³-hybridized carbons (Fsp3) is 0.267. The van der Waals surface area contributed by atoms with Crippen LogP contribution in [-0.2, 0) is 13.0 Å². The minimum absolute atomic E-state index is 0.0390. The number of nitrogens with zero attached hydrogens (tertiary/aromatic N) is 1. The number of halogens is 1. The van der Waals surface area contributed by atoms with Crippen molar-refractivity contribution >= 4 is 21.9 Å². The van der Waals surface area contributed by atoms with Gasteiger partial charge in [-0.2, -0.15) is 0 Å². The van der Waals surface area contributed by atoms with Gasteiger partial charge in [-0.05, 0) is 40.5 Å². The Morgan fingerprint density at radius 3 is 3.00 bits per heavy atom. The maximum absolute atomic E-state index is 11.0. The quantitative estimate of drug-likeness (QED) is 0.936. The molecule has 4 nitrogen and oxygen atoms in total. The van der Waals surface area contributed by atoms with Gasteiger partial charge in [0.15, 0.2) is 0 Å². The third-order valence-electron chi connectivity index (χ3n) is 3.45. The van der Waals surface area contributed by atoms with E-state index in [4.69, 9.17) is 9.84 Å². The van der Waals surface area contributed by atoms with Crippen LogP contribution < -0.4 is 4.74 Å². The first-order chi connectivity index (χ1) is 9.52. The monoisotopic (exact) mass is 335 g/mol. The van der Waals surface area contributed by atoms with Crippen LogP contribution in [0.15, 0.2) is 35.1 Å². The highest BCUT2D eigenvalue weighted by Crippen LogP contribution is 2.30. The van der Waals surface area contributed by atoms with Crippen molar-refractivity contribution in [1.29, 1.82) is 0 Å². The standard InChI is InChI=1S/C15H14BrNO3/c1-9-2-3-13-10(4-9)5-12(20-13)8-17-7-11(15(18)19)6-14(17)16/h2-4,6-7,12H,5,8H2,1H3,(H,18,19). The number of aromatic nitrogens is 1. The molecule has 2 aromatic rings. The van der Waals surface area contributed by atoms with Crippen molar-refractivity contribution in [2.75, 3.05) is 0 Å². The Balaban J connectivity index is 1.76. The summed E-state index contributed by atoms with van der Waals surface area (Å²) in [5, 5.41) is 8.99. The zero-order valence-electron chi connectivity index (χ0n) is 11.0. The third kappa shape index (κ3) is 2.45. The van der Waals surface area contributed by atoms with Crippen LogP contribution in [-0.4, -0.2) is 21.7 Å². The number of aromatic carboxylic acids is 1. The molecule has 1 aromatic heterocycles. The van der Waals surface area contributed by atoms with Crippen LogP contribution in [0.4, 0.5) is 0 Å². The average molecular weight is 336 g/mol. The molecule has 1 aliphatic rings. The predicted octanol–water partition coefficient (Wildman–Crippen LogP) is 3.26. The molecular weight excluding hydrogens is 322 g/mol. The largest absolute Gasteiger partial charge is 0.488 e. The maximum Gasteiger partial charge on any atom is 0.337 e. The van der Waals surface area contributed by atoms with E-state index in [0.717, 1.165) is 16.8 Å². The normalized spacial score (nSPS) is 16.8. The molecule has 1 unspecified atom stereocenters. The lowest BCUT2D eigenvalue weighted by Crippen LogP contribution is -2.20. The molecule has 0 bridgehead atoms. The van der Waals surface area contributed by atoms with Gasteiger partial charge >= 0.3 is 5.97 Å². The molecule has 104 valence electrons. The third-order valence-corrected chi connectivity index (χ3v) is 4.13. The molecule has 1 aromatic carbocycles. The Hall–Kier alpha value is -1.75. The molecule has 1 atom stereocenters. The van der Waals surface area contributed by atoms with Crippen LogP contribution in [0.5, 0.6) is 5.75 Å². The molecule has 1 N–H and O–H groups in total. The number of hydrogen-bond donors (Lipinski definition) is 1. The lowest BCUT2D eigenvalue weighted by atomic mass is 10.1. The van der Waals surface area contributed by atoms with Crippen LogP contribution in [0.25, 0.3) is 0 Å². The van der Waals surface area contributed by atoms with Crippen molar-refractivity contribution in [2.45, 2.75) is 26.0 Å². The van der Waals surface area contributed by atoms with E-state index in [2.05, 4.69) is 28.9 Å². The number of ether oxygens (including phenoxy) is 1. The number of fused-ring (bicyclic) bond motifs is 1. The summed E-state index contributed by atoms with van der Waals surface area (Å²) in [7, 11) is 0. The molecular formula is C15H14BrNO3. The van der Waals surface area contributed by atoms with E-state index in [1.165, 1.54) is 11.1 Å². The Kier molecular flexibility index (Phi) is 3.30. The molecule has 2 heterocycles. The molecule has 0 spiro atoms. The summed E-state index contributed by atoms with van der Waals surface area (Å²) in [5.41, 5.74) is 2.73. The van der Waals surface area contributed by atoms with E-state index in [9.17, 15) is 4.79 Å². The van der Waals surface area contributed by atoms with Crippen molar-refractivity contribution in [1.82, 2.24) is 4.57 Å². The number of carbonyl (C=O) groups is 1. The lowest BCUT2D eigenvalue weighted by molar-refractivity contribution is 0.0696. The van der Waals surface area contributed by atoms with Crippen molar-refractivity contribution in [2.24, 2.45) is 0 Å². The molecule has 0 radical (unpaired) electrons. The summed E-state index contributed by atoms with van der Waals surface area (Å²) in [6.45, 7) is 2.69. The van der Waals surface area contributed by atoms with Gasteiger partial charge in [0.05, 0.1) is 16.7 Å². The van der Waals surface area contributed by atoms with Gasteiger partial charge in [-0.25, -0.2) is 4.79 Å². The van der Waals surface area contributed by atoms with E-state index in [-0.39, 0.29) is 11.7 Å². The van der Waals surface area contributed by atoms with Crippen LogP contribution >= 0.6 is 15.9 Å². The minimum Gasteiger partial charge on any atom is -0.488 e. The summed E-state index contributed by atoms with van der Waals surface area (Å²) in [6.07, 6.45) is 2.52. The first-order valence-electron chi connectivity index (χ1n) is 6.38. The fourth-order valence-corrected chi connectivity index (χ4v) is 3.00. The first kappa shape index (κ1) is 13.2. The first-order valence-corrected chi connectivity index (χ1v) is 7.17. The molecule has 0 amide bonds. The van der Waals surface area contributed by atoms with Crippen LogP contribution in [0, 0.1) is 6.92 Å². The number of benzene rings is 1. The minimum atomic E-state index is -0.921. The molecule has 1 aliphatic heterocycles. The molecule has 0 saturated heterocycles. The summed E-state index contributed by atoms with van der Waals surface area (Å²) < 4.78 is 8.52. The van der Waals surface area contributed by atoms with Gasteiger partial charge in [0.2, 0.25) is 0 Å². The van der Waals surface area contributed by atoms with Crippen molar-refractivity contribution < 1.29 is 14.6 Å². The summed E-state index contributed by atoms with van der Waals surface area (Å²) in [6, 6.07) is 7.78. The molecule has 0 fully saturated rings. The van der Waals surface area contributed by atoms with Crippen LogP contribution in [0.2, 0.25) is 0 Å². The second kappa shape index (κ2) is 4.98.